The van der Waals surface area contributed by atoms with Crippen LogP contribution in [0.1, 0.15) is 19.3 Å². The lowest BCUT2D eigenvalue weighted by Gasteiger charge is -2.19. The molecule has 18 heavy (non-hydrogen) atoms. The lowest BCUT2D eigenvalue weighted by Crippen LogP contribution is -2.33. The molecule has 96 valence electrons. The molecule has 2 saturated heterocycles. The van der Waals surface area contributed by atoms with Crippen molar-refractivity contribution in [2.45, 2.75) is 25.3 Å². The van der Waals surface area contributed by atoms with Crippen molar-refractivity contribution >= 4 is 11.6 Å². The Morgan fingerprint density at radius 3 is 2.94 bits per heavy atom. The molecule has 0 saturated carbocycles. The van der Waals surface area contributed by atoms with Gasteiger partial charge < -0.3 is 5.32 Å². The average molecular weight is 248 g/mol. The molecule has 2 unspecified atom stereocenters. The van der Waals surface area contributed by atoms with E-state index in [1.807, 2.05) is 0 Å². The highest BCUT2D eigenvalue weighted by Gasteiger charge is 2.40. The van der Waals surface area contributed by atoms with Gasteiger partial charge in [0, 0.05) is 6.04 Å². The van der Waals surface area contributed by atoms with E-state index in [-0.39, 0.29) is 17.6 Å². The number of rotatable bonds is 2. The molecule has 2 heterocycles. The van der Waals surface area contributed by atoms with Crippen molar-refractivity contribution in [1.29, 1.82) is 0 Å². The number of fused-ring (bicyclic) bond motifs is 1. The van der Waals surface area contributed by atoms with Gasteiger partial charge in [0.05, 0.1) is 11.6 Å². The Labute approximate surface area is 106 Å². The van der Waals surface area contributed by atoms with E-state index in [4.69, 9.17) is 0 Å². The predicted molar refractivity (Wildman–Crippen MR) is 67.7 cm³/mol. The van der Waals surface area contributed by atoms with Crippen LogP contribution in [0, 0.1) is 11.7 Å². The van der Waals surface area contributed by atoms with Crippen LogP contribution in [-0.2, 0) is 4.79 Å². The maximum absolute atomic E-state index is 13.5. The number of carbonyl (C=O) groups excluding carboxylic acids is 1. The Morgan fingerprint density at radius 1 is 1.28 bits per heavy atom. The van der Waals surface area contributed by atoms with E-state index in [9.17, 15) is 9.18 Å². The Balaban J connectivity index is 1.70. The lowest BCUT2D eigenvalue weighted by molar-refractivity contribution is -0.120. The first-order chi connectivity index (χ1) is 8.75. The number of hydrogen-bond donors (Lipinski definition) is 1. The molecule has 1 N–H and O–H groups in total. The Morgan fingerprint density at radius 2 is 2.11 bits per heavy atom. The third-order valence-corrected chi connectivity index (χ3v) is 4.07. The van der Waals surface area contributed by atoms with E-state index in [1.165, 1.54) is 12.5 Å². The molecule has 2 aliphatic rings. The van der Waals surface area contributed by atoms with E-state index < -0.39 is 0 Å². The van der Waals surface area contributed by atoms with Gasteiger partial charge in [-0.2, -0.15) is 0 Å². The van der Waals surface area contributed by atoms with E-state index in [1.54, 1.807) is 18.2 Å². The number of nitrogens with one attached hydrogen (secondary N) is 1. The van der Waals surface area contributed by atoms with Crippen LogP contribution in [0.15, 0.2) is 24.3 Å². The number of para-hydroxylation sites is 1. The minimum Gasteiger partial charge on any atom is -0.323 e. The zero-order valence-corrected chi connectivity index (χ0v) is 10.2. The van der Waals surface area contributed by atoms with Gasteiger partial charge in [0.1, 0.15) is 5.82 Å². The highest BCUT2D eigenvalue weighted by molar-refractivity contribution is 5.93. The van der Waals surface area contributed by atoms with Crippen LogP contribution >= 0.6 is 0 Å². The Bertz CT molecular complexity index is 463. The fourth-order valence-electron chi connectivity index (χ4n) is 3.18. The largest absolute Gasteiger partial charge is 0.323 e. The standard InChI is InChI=1S/C14H17FN2O/c15-11-4-1-2-5-12(11)16-14(18)10-7-9-17-8-3-6-13(10)17/h1-2,4-5,10,13H,3,6-9H2,(H,16,18). The fraction of sp³-hybridized carbons (Fsp3) is 0.500. The van der Waals surface area contributed by atoms with Crippen LogP contribution in [0.5, 0.6) is 0 Å². The topological polar surface area (TPSA) is 32.3 Å². The molecular weight excluding hydrogens is 231 g/mol. The number of carbonyl (C=O) groups is 1. The normalized spacial score (nSPS) is 27.2. The van der Waals surface area contributed by atoms with Crippen molar-refractivity contribution in [1.82, 2.24) is 4.90 Å². The number of nitrogens with zero attached hydrogens (tertiary/aromatic N) is 1. The van der Waals surface area contributed by atoms with Gasteiger partial charge in [-0.1, -0.05) is 12.1 Å². The van der Waals surface area contributed by atoms with Crippen LogP contribution < -0.4 is 5.32 Å². The molecule has 1 aromatic rings. The molecule has 0 aromatic heterocycles. The van der Waals surface area contributed by atoms with Crippen molar-refractivity contribution in [3.05, 3.63) is 30.1 Å². The molecule has 2 aliphatic heterocycles. The van der Waals surface area contributed by atoms with Crippen LogP contribution in [0.4, 0.5) is 10.1 Å². The molecule has 4 heteroatoms. The van der Waals surface area contributed by atoms with Gasteiger partial charge in [0.2, 0.25) is 5.91 Å². The molecule has 2 fully saturated rings. The summed E-state index contributed by atoms with van der Waals surface area (Å²) in [7, 11) is 0. The fourth-order valence-corrected chi connectivity index (χ4v) is 3.18. The summed E-state index contributed by atoms with van der Waals surface area (Å²) in [4.78, 5) is 14.6. The van der Waals surface area contributed by atoms with Gasteiger partial charge in [-0.25, -0.2) is 4.39 Å². The monoisotopic (exact) mass is 248 g/mol. The summed E-state index contributed by atoms with van der Waals surface area (Å²) in [6.45, 7) is 2.11. The molecule has 1 amide bonds. The summed E-state index contributed by atoms with van der Waals surface area (Å²) >= 11 is 0. The molecule has 1 aromatic carbocycles. The van der Waals surface area contributed by atoms with Crippen molar-refractivity contribution in [2.75, 3.05) is 18.4 Å². The van der Waals surface area contributed by atoms with E-state index >= 15 is 0 Å². The van der Waals surface area contributed by atoms with Crippen molar-refractivity contribution in [3.63, 3.8) is 0 Å². The summed E-state index contributed by atoms with van der Waals surface area (Å²) in [5.74, 6) is -0.381. The Kier molecular flexibility index (Phi) is 3.04. The van der Waals surface area contributed by atoms with Crippen LogP contribution in [0.25, 0.3) is 0 Å². The summed E-state index contributed by atoms with van der Waals surface area (Å²) in [5.41, 5.74) is 0.291. The van der Waals surface area contributed by atoms with Gasteiger partial charge in [-0.15, -0.1) is 0 Å². The third kappa shape index (κ3) is 2.01. The zero-order chi connectivity index (χ0) is 12.5. The van der Waals surface area contributed by atoms with Gasteiger partial charge in [-0.3, -0.25) is 9.69 Å². The summed E-state index contributed by atoms with van der Waals surface area (Å²) in [5, 5.41) is 2.72. The number of amides is 1. The summed E-state index contributed by atoms with van der Waals surface area (Å²) in [6.07, 6.45) is 3.16. The second kappa shape index (κ2) is 4.69. The molecule has 2 atom stereocenters. The lowest BCUT2D eigenvalue weighted by atomic mass is 9.97. The number of anilines is 1. The van der Waals surface area contributed by atoms with Crippen LogP contribution in [0.2, 0.25) is 0 Å². The zero-order valence-electron chi connectivity index (χ0n) is 10.2. The number of hydrogen-bond acceptors (Lipinski definition) is 2. The molecule has 3 rings (SSSR count). The molecule has 0 spiro atoms. The average Bonchev–Trinajstić information content (AvgIpc) is 2.93. The molecular formula is C14H17FN2O. The van der Waals surface area contributed by atoms with E-state index in [2.05, 4.69) is 10.2 Å². The molecule has 0 aliphatic carbocycles. The minimum absolute atomic E-state index is 0.0205. The van der Waals surface area contributed by atoms with Gasteiger partial charge in [-0.05, 0) is 44.5 Å². The second-order valence-corrected chi connectivity index (χ2v) is 5.11. The highest BCUT2D eigenvalue weighted by Crippen LogP contribution is 2.33. The minimum atomic E-state index is -0.368. The van der Waals surface area contributed by atoms with E-state index in [0.717, 1.165) is 25.9 Å². The van der Waals surface area contributed by atoms with Crippen LogP contribution in [0.3, 0.4) is 0 Å². The molecule has 0 radical (unpaired) electrons. The van der Waals surface area contributed by atoms with Crippen molar-refractivity contribution in [2.24, 2.45) is 5.92 Å². The smallest absolute Gasteiger partial charge is 0.229 e. The van der Waals surface area contributed by atoms with Gasteiger partial charge >= 0.3 is 0 Å². The van der Waals surface area contributed by atoms with Gasteiger partial charge in [0.25, 0.3) is 0 Å². The van der Waals surface area contributed by atoms with E-state index in [0.29, 0.717) is 11.7 Å². The van der Waals surface area contributed by atoms with Crippen molar-refractivity contribution < 1.29 is 9.18 Å². The SMILES string of the molecule is O=C(Nc1ccccc1F)C1CCN2CCCC12. The molecule has 0 bridgehead atoms. The maximum atomic E-state index is 13.5. The van der Waals surface area contributed by atoms with Gasteiger partial charge in [0.15, 0.2) is 0 Å². The predicted octanol–water partition coefficient (Wildman–Crippen LogP) is 2.25. The number of benzene rings is 1. The van der Waals surface area contributed by atoms with Crippen LogP contribution in [-0.4, -0.2) is 29.9 Å². The quantitative estimate of drug-likeness (QED) is 0.870. The third-order valence-electron chi connectivity index (χ3n) is 4.07. The first-order valence-electron chi connectivity index (χ1n) is 6.55. The second-order valence-electron chi connectivity index (χ2n) is 5.11. The first-order valence-corrected chi connectivity index (χ1v) is 6.55. The maximum Gasteiger partial charge on any atom is 0.229 e. The molecule has 3 nitrogen and oxygen atoms in total. The van der Waals surface area contributed by atoms with Crippen molar-refractivity contribution in [3.8, 4) is 0 Å². The Hall–Kier alpha value is -1.42. The highest BCUT2D eigenvalue weighted by atomic mass is 19.1. The number of halogens is 1. The summed E-state index contributed by atoms with van der Waals surface area (Å²) in [6, 6.07) is 6.70. The first kappa shape index (κ1) is 11.7. The summed E-state index contributed by atoms with van der Waals surface area (Å²) < 4.78 is 13.5.